The molecule has 150 valence electrons. The molecule has 2 heterocycles. The maximum Gasteiger partial charge on any atom is 0.259 e. The van der Waals surface area contributed by atoms with Crippen molar-refractivity contribution < 1.29 is 14.1 Å². The van der Waals surface area contributed by atoms with E-state index in [1.165, 1.54) is 5.56 Å². The molecule has 3 aromatic rings. The van der Waals surface area contributed by atoms with Crippen LogP contribution in [0.2, 0.25) is 0 Å². The summed E-state index contributed by atoms with van der Waals surface area (Å²) in [5.41, 5.74) is 3.33. The number of aromatic nitrogens is 1. The fourth-order valence-corrected chi connectivity index (χ4v) is 3.67. The number of ether oxygens (including phenoxy) is 1. The van der Waals surface area contributed by atoms with E-state index >= 15 is 0 Å². The van der Waals surface area contributed by atoms with E-state index in [2.05, 4.69) is 22.2 Å². The van der Waals surface area contributed by atoms with Gasteiger partial charge in [-0.05, 0) is 24.6 Å². The summed E-state index contributed by atoms with van der Waals surface area (Å²) in [6.07, 6.45) is 0. The summed E-state index contributed by atoms with van der Waals surface area (Å²) in [4.78, 5) is 17.5. The van der Waals surface area contributed by atoms with Crippen molar-refractivity contribution in [2.24, 2.45) is 0 Å². The lowest BCUT2D eigenvalue weighted by molar-refractivity contribution is 0.0627. The van der Waals surface area contributed by atoms with Gasteiger partial charge < -0.3 is 14.2 Å². The van der Waals surface area contributed by atoms with Crippen molar-refractivity contribution in [2.45, 2.75) is 13.5 Å². The van der Waals surface area contributed by atoms with Gasteiger partial charge in [-0.15, -0.1) is 0 Å². The molecule has 2 aromatic carbocycles. The third-order valence-corrected chi connectivity index (χ3v) is 5.35. The van der Waals surface area contributed by atoms with Crippen molar-refractivity contribution in [3.8, 4) is 17.0 Å². The molecular formula is C23H25N3O3. The van der Waals surface area contributed by atoms with E-state index in [-0.39, 0.29) is 5.91 Å². The lowest BCUT2D eigenvalue weighted by Crippen LogP contribution is -2.48. The number of carbonyl (C=O) groups excluding carboxylic acids is 1. The molecule has 1 fully saturated rings. The van der Waals surface area contributed by atoms with Gasteiger partial charge in [-0.3, -0.25) is 9.69 Å². The molecule has 29 heavy (non-hydrogen) atoms. The first-order valence-electron chi connectivity index (χ1n) is 9.82. The smallest absolute Gasteiger partial charge is 0.259 e. The van der Waals surface area contributed by atoms with Gasteiger partial charge in [0.2, 0.25) is 0 Å². The van der Waals surface area contributed by atoms with Crippen molar-refractivity contribution in [1.29, 1.82) is 0 Å². The van der Waals surface area contributed by atoms with E-state index < -0.39 is 0 Å². The normalized spacial score (nSPS) is 14.8. The van der Waals surface area contributed by atoms with Gasteiger partial charge in [0.25, 0.3) is 5.91 Å². The van der Waals surface area contributed by atoms with Crippen molar-refractivity contribution in [3.05, 3.63) is 71.5 Å². The maximum atomic E-state index is 13.2. The molecule has 0 spiro atoms. The van der Waals surface area contributed by atoms with Gasteiger partial charge in [0.05, 0.1) is 7.11 Å². The van der Waals surface area contributed by atoms with Gasteiger partial charge in [0.15, 0.2) is 0 Å². The largest absolute Gasteiger partial charge is 0.497 e. The number of aryl methyl sites for hydroxylation is 1. The molecule has 1 aliphatic rings. The van der Waals surface area contributed by atoms with Crippen LogP contribution in [0.25, 0.3) is 11.3 Å². The Balaban J connectivity index is 1.41. The van der Waals surface area contributed by atoms with Crippen LogP contribution in [0.5, 0.6) is 5.75 Å². The zero-order chi connectivity index (χ0) is 20.2. The van der Waals surface area contributed by atoms with Gasteiger partial charge >= 0.3 is 0 Å². The first-order chi connectivity index (χ1) is 14.2. The van der Waals surface area contributed by atoms with Gasteiger partial charge in [-0.2, -0.15) is 0 Å². The summed E-state index contributed by atoms with van der Waals surface area (Å²) in [7, 11) is 1.67. The Hall–Kier alpha value is -3.12. The van der Waals surface area contributed by atoms with Crippen LogP contribution in [0.15, 0.2) is 59.1 Å². The minimum Gasteiger partial charge on any atom is -0.497 e. The molecule has 1 aromatic heterocycles. The standard InChI is InChI=1S/C23H25N3O3/c1-17-21(22(24-29-17)19-6-4-3-5-7-19)23(27)26-14-12-25(13-15-26)16-18-8-10-20(28-2)11-9-18/h3-11H,12-16H2,1-2H3. The molecule has 6 heteroatoms. The van der Waals surface area contributed by atoms with Crippen LogP contribution in [-0.4, -0.2) is 54.2 Å². The van der Waals surface area contributed by atoms with Crippen LogP contribution in [0.1, 0.15) is 21.7 Å². The number of amides is 1. The van der Waals surface area contributed by atoms with Gasteiger partial charge in [0, 0.05) is 38.3 Å². The predicted octanol–water partition coefficient (Wildman–Crippen LogP) is 3.62. The minimum atomic E-state index is -0.00768. The van der Waals surface area contributed by atoms with Gasteiger partial charge in [-0.25, -0.2) is 0 Å². The Labute approximate surface area is 170 Å². The van der Waals surface area contributed by atoms with Crippen LogP contribution < -0.4 is 4.74 Å². The summed E-state index contributed by atoms with van der Waals surface area (Å²) < 4.78 is 10.6. The van der Waals surface area contributed by atoms with E-state index in [4.69, 9.17) is 9.26 Å². The number of piperazine rings is 1. The Kier molecular flexibility index (Phi) is 5.62. The van der Waals surface area contributed by atoms with Crippen LogP contribution in [-0.2, 0) is 6.54 Å². The highest BCUT2D eigenvalue weighted by Crippen LogP contribution is 2.26. The fraction of sp³-hybridized carbons (Fsp3) is 0.304. The number of benzene rings is 2. The zero-order valence-corrected chi connectivity index (χ0v) is 16.8. The van der Waals surface area contributed by atoms with E-state index in [9.17, 15) is 4.79 Å². The Morgan fingerprint density at radius 2 is 1.72 bits per heavy atom. The fourth-order valence-electron chi connectivity index (χ4n) is 3.67. The third kappa shape index (κ3) is 4.17. The zero-order valence-electron chi connectivity index (χ0n) is 16.8. The molecule has 0 saturated carbocycles. The number of hydrogen-bond acceptors (Lipinski definition) is 5. The van der Waals surface area contributed by atoms with Gasteiger partial charge in [-0.1, -0.05) is 47.6 Å². The Morgan fingerprint density at radius 1 is 1.03 bits per heavy atom. The number of nitrogens with zero attached hydrogens (tertiary/aromatic N) is 3. The van der Waals surface area contributed by atoms with Crippen LogP contribution in [0.4, 0.5) is 0 Å². The Morgan fingerprint density at radius 3 is 2.38 bits per heavy atom. The van der Waals surface area contributed by atoms with Crippen LogP contribution >= 0.6 is 0 Å². The average Bonchev–Trinajstić information content (AvgIpc) is 3.16. The molecule has 0 bridgehead atoms. The SMILES string of the molecule is COc1ccc(CN2CCN(C(=O)c3c(-c4ccccc4)noc3C)CC2)cc1. The molecule has 4 rings (SSSR count). The van der Waals surface area contributed by atoms with Crippen molar-refractivity contribution in [3.63, 3.8) is 0 Å². The summed E-state index contributed by atoms with van der Waals surface area (Å²) >= 11 is 0. The molecule has 6 nitrogen and oxygen atoms in total. The second-order valence-corrected chi connectivity index (χ2v) is 7.24. The van der Waals surface area contributed by atoms with Crippen molar-refractivity contribution in [2.75, 3.05) is 33.3 Å². The van der Waals surface area contributed by atoms with E-state index in [1.54, 1.807) is 14.0 Å². The quantitative estimate of drug-likeness (QED) is 0.665. The summed E-state index contributed by atoms with van der Waals surface area (Å²) in [5.74, 6) is 1.42. The van der Waals surface area contributed by atoms with Crippen LogP contribution in [0, 0.1) is 6.92 Å². The van der Waals surface area contributed by atoms with Gasteiger partial charge in [0.1, 0.15) is 22.8 Å². The maximum absolute atomic E-state index is 13.2. The van der Waals surface area contributed by atoms with E-state index in [1.807, 2.05) is 47.4 Å². The molecule has 0 unspecified atom stereocenters. The third-order valence-electron chi connectivity index (χ3n) is 5.35. The second-order valence-electron chi connectivity index (χ2n) is 7.24. The molecule has 0 aliphatic carbocycles. The van der Waals surface area contributed by atoms with E-state index in [0.717, 1.165) is 30.9 Å². The monoisotopic (exact) mass is 391 g/mol. The topological polar surface area (TPSA) is 58.8 Å². The Bertz CT molecular complexity index is 959. The highest BCUT2D eigenvalue weighted by Gasteiger charge is 2.28. The number of methoxy groups -OCH3 is 1. The highest BCUT2D eigenvalue weighted by atomic mass is 16.5. The summed E-state index contributed by atoms with van der Waals surface area (Å²) in [5, 5.41) is 4.14. The molecule has 0 atom stereocenters. The minimum absolute atomic E-state index is 0.00768. The average molecular weight is 391 g/mol. The molecule has 0 N–H and O–H groups in total. The first kappa shape index (κ1) is 19.2. The first-order valence-corrected chi connectivity index (χ1v) is 9.82. The van der Waals surface area contributed by atoms with Crippen molar-refractivity contribution >= 4 is 5.91 Å². The van der Waals surface area contributed by atoms with Crippen molar-refractivity contribution in [1.82, 2.24) is 15.0 Å². The molecular weight excluding hydrogens is 366 g/mol. The highest BCUT2D eigenvalue weighted by molar-refractivity contribution is 6.00. The summed E-state index contributed by atoms with van der Waals surface area (Å²) in [6.45, 7) is 5.72. The predicted molar refractivity (Wildman–Crippen MR) is 111 cm³/mol. The lowest BCUT2D eigenvalue weighted by atomic mass is 10.0. The number of rotatable bonds is 5. The number of carbonyl (C=O) groups is 1. The number of hydrogen-bond donors (Lipinski definition) is 0. The second kappa shape index (κ2) is 8.49. The molecule has 1 amide bonds. The van der Waals surface area contributed by atoms with Crippen LogP contribution in [0.3, 0.4) is 0 Å². The van der Waals surface area contributed by atoms with E-state index in [0.29, 0.717) is 30.1 Å². The molecule has 1 saturated heterocycles. The molecule has 1 aliphatic heterocycles. The summed E-state index contributed by atoms with van der Waals surface area (Å²) in [6, 6.07) is 17.8. The molecule has 0 radical (unpaired) electrons. The lowest BCUT2D eigenvalue weighted by Gasteiger charge is -2.34.